The number of hydrogen-bond donors (Lipinski definition) is 4. The summed E-state index contributed by atoms with van der Waals surface area (Å²) in [4.78, 5) is 3.70. The van der Waals surface area contributed by atoms with Crippen molar-refractivity contribution in [3.05, 3.63) is 65.4 Å². The molecule has 2 aromatic carbocycles. The van der Waals surface area contributed by atoms with Crippen LogP contribution in [-0.2, 0) is 15.4 Å². The Morgan fingerprint density at radius 3 is 2.61 bits per heavy atom. The fourth-order valence-electron chi connectivity index (χ4n) is 3.83. The van der Waals surface area contributed by atoms with Gasteiger partial charge in [-0.1, -0.05) is 44.2 Å². The maximum Gasteiger partial charge on any atom is 0.240 e. The van der Waals surface area contributed by atoms with Gasteiger partial charge in [0.25, 0.3) is 0 Å². The molecule has 0 atom stereocenters. The molecule has 0 aliphatic carbocycles. The summed E-state index contributed by atoms with van der Waals surface area (Å²) in [7, 11) is -1.71. The second-order valence-electron chi connectivity index (χ2n) is 8.28. The predicted molar refractivity (Wildman–Crippen MR) is 135 cm³/mol. The molecule has 0 aliphatic heterocycles. The van der Waals surface area contributed by atoms with Crippen LogP contribution in [0.2, 0.25) is 0 Å². The number of fused-ring (bicyclic) bond motifs is 1. The van der Waals surface area contributed by atoms with E-state index in [1.807, 2.05) is 25.2 Å². The van der Waals surface area contributed by atoms with Crippen LogP contribution in [-0.4, -0.2) is 32.7 Å². The van der Waals surface area contributed by atoms with Crippen molar-refractivity contribution in [2.45, 2.75) is 37.5 Å². The van der Waals surface area contributed by atoms with Gasteiger partial charge in [0.1, 0.15) is 0 Å². The maximum atomic E-state index is 12.6. The molecule has 0 saturated heterocycles. The highest BCUT2D eigenvalue weighted by Gasteiger charge is 2.25. The Labute approximate surface area is 190 Å². The first kappa shape index (κ1) is 23.4. The summed E-state index contributed by atoms with van der Waals surface area (Å²) in [6.07, 6.45) is 5.08. The summed E-state index contributed by atoms with van der Waals surface area (Å²) in [5.41, 5.74) is 5.06. The van der Waals surface area contributed by atoms with Crippen molar-refractivity contribution in [1.82, 2.24) is 9.71 Å². The van der Waals surface area contributed by atoms with E-state index < -0.39 is 10.0 Å². The van der Waals surface area contributed by atoms with Crippen LogP contribution < -0.4 is 10.0 Å². The van der Waals surface area contributed by atoms with Gasteiger partial charge in [-0.25, -0.2) is 13.1 Å². The van der Waals surface area contributed by atoms with Crippen molar-refractivity contribution < 1.29 is 8.42 Å². The van der Waals surface area contributed by atoms with E-state index >= 15 is 0 Å². The van der Waals surface area contributed by atoms with E-state index in [1.165, 1.54) is 10.9 Å². The van der Waals surface area contributed by atoms with Gasteiger partial charge in [0.2, 0.25) is 10.0 Å². The number of sulfonamides is 1. The standard InChI is InChI=1S/C24H31N3O2S2/c1-17-19(20-8-5-6-10-22(20)27-17)9-7-13-24(2,3)21-16-18(11-12-23(21)25-4)31(28,29)26-14-15-30/h5-12,16,25-27,30H,13-15H2,1-4H3/b9-7+. The van der Waals surface area contributed by atoms with E-state index in [0.717, 1.165) is 28.9 Å². The normalized spacial score (nSPS) is 12.7. The summed E-state index contributed by atoms with van der Waals surface area (Å²) in [5, 5.41) is 4.41. The lowest BCUT2D eigenvalue weighted by Crippen LogP contribution is -2.26. The van der Waals surface area contributed by atoms with Crippen LogP contribution in [0.4, 0.5) is 5.69 Å². The molecule has 5 nitrogen and oxygen atoms in total. The van der Waals surface area contributed by atoms with Gasteiger partial charge < -0.3 is 10.3 Å². The summed E-state index contributed by atoms with van der Waals surface area (Å²) >= 11 is 4.09. The number of nitrogens with one attached hydrogen (secondary N) is 3. The Morgan fingerprint density at radius 2 is 1.90 bits per heavy atom. The minimum absolute atomic E-state index is 0.271. The number of aromatic amines is 1. The van der Waals surface area contributed by atoms with Gasteiger partial charge in [-0.3, -0.25) is 0 Å². The molecule has 1 heterocycles. The molecular weight excluding hydrogens is 426 g/mol. The quantitative estimate of drug-likeness (QED) is 0.338. The number of hydrogen-bond acceptors (Lipinski definition) is 4. The molecule has 0 radical (unpaired) electrons. The molecule has 3 rings (SSSR count). The van der Waals surface area contributed by atoms with E-state index in [4.69, 9.17) is 0 Å². The summed E-state index contributed by atoms with van der Waals surface area (Å²) in [6, 6.07) is 13.5. The van der Waals surface area contributed by atoms with Crippen LogP contribution in [0.3, 0.4) is 0 Å². The fraction of sp³-hybridized carbons (Fsp3) is 0.333. The second kappa shape index (κ2) is 9.51. The highest BCUT2D eigenvalue weighted by atomic mass is 32.2. The molecule has 3 aromatic rings. The zero-order valence-electron chi connectivity index (χ0n) is 18.5. The predicted octanol–water partition coefficient (Wildman–Crippen LogP) is 5.11. The van der Waals surface area contributed by atoms with Gasteiger partial charge in [0, 0.05) is 47.2 Å². The first-order chi connectivity index (χ1) is 14.7. The number of anilines is 1. The molecular formula is C24H31N3O2S2. The SMILES string of the molecule is CNc1ccc(S(=O)(=O)NCCS)cc1C(C)(C)C/C=C/c1c(C)[nH]c2ccccc12. The van der Waals surface area contributed by atoms with Crippen LogP contribution in [0.1, 0.15) is 37.1 Å². The zero-order valence-corrected chi connectivity index (χ0v) is 20.2. The molecule has 0 aliphatic rings. The minimum Gasteiger partial charge on any atom is -0.388 e. The molecule has 0 bridgehead atoms. The molecule has 31 heavy (non-hydrogen) atoms. The van der Waals surface area contributed by atoms with Crippen molar-refractivity contribution in [3.8, 4) is 0 Å². The molecule has 166 valence electrons. The highest BCUT2D eigenvalue weighted by molar-refractivity contribution is 7.89. The lowest BCUT2D eigenvalue weighted by molar-refractivity contribution is 0.534. The Bertz CT molecular complexity index is 1190. The Balaban J connectivity index is 1.90. The van der Waals surface area contributed by atoms with Crippen LogP contribution in [0.15, 0.2) is 53.4 Å². The van der Waals surface area contributed by atoms with Crippen LogP contribution in [0.5, 0.6) is 0 Å². The molecule has 0 unspecified atom stereocenters. The number of thiol groups is 1. The molecule has 0 amide bonds. The summed E-state index contributed by atoms with van der Waals surface area (Å²) in [5.74, 6) is 0.449. The largest absolute Gasteiger partial charge is 0.388 e. The minimum atomic E-state index is -3.56. The number of rotatable bonds is 9. The highest BCUT2D eigenvalue weighted by Crippen LogP contribution is 2.35. The van der Waals surface area contributed by atoms with Crippen molar-refractivity contribution in [2.24, 2.45) is 0 Å². The van der Waals surface area contributed by atoms with Crippen molar-refractivity contribution in [1.29, 1.82) is 0 Å². The van der Waals surface area contributed by atoms with Crippen LogP contribution in [0.25, 0.3) is 17.0 Å². The number of aryl methyl sites for hydroxylation is 1. The first-order valence-electron chi connectivity index (χ1n) is 10.4. The number of H-pyrrole nitrogens is 1. The van der Waals surface area contributed by atoms with Gasteiger partial charge in [0.15, 0.2) is 0 Å². The van der Waals surface area contributed by atoms with Crippen LogP contribution >= 0.6 is 12.6 Å². The average molecular weight is 458 g/mol. The van der Waals surface area contributed by atoms with Crippen LogP contribution in [0, 0.1) is 6.92 Å². The van der Waals surface area contributed by atoms with Gasteiger partial charge in [0.05, 0.1) is 4.90 Å². The van der Waals surface area contributed by atoms with E-state index in [9.17, 15) is 8.42 Å². The van der Waals surface area contributed by atoms with E-state index in [0.29, 0.717) is 12.3 Å². The molecule has 7 heteroatoms. The Kier molecular flexibility index (Phi) is 7.19. The third-order valence-electron chi connectivity index (χ3n) is 5.56. The third-order valence-corrected chi connectivity index (χ3v) is 7.24. The van der Waals surface area contributed by atoms with Gasteiger partial charge in [-0.05, 0) is 48.6 Å². The molecule has 0 saturated carbocycles. The van der Waals surface area contributed by atoms with Crippen molar-refractivity contribution in [2.75, 3.05) is 24.7 Å². The topological polar surface area (TPSA) is 74.0 Å². The number of aromatic nitrogens is 1. The summed E-state index contributed by atoms with van der Waals surface area (Å²) in [6.45, 7) is 6.64. The smallest absolute Gasteiger partial charge is 0.240 e. The van der Waals surface area contributed by atoms with Gasteiger partial charge in [-0.15, -0.1) is 0 Å². The van der Waals surface area contributed by atoms with E-state index in [1.54, 1.807) is 12.1 Å². The Hall–Kier alpha value is -2.22. The number of para-hydroxylation sites is 1. The molecule has 3 N–H and O–H groups in total. The van der Waals surface area contributed by atoms with Gasteiger partial charge >= 0.3 is 0 Å². The van der Waals surface area contributed by atoms with E-state index in [-0.39, 0.29) is 10.3 Å². The molecule has 0 spiro atoms. The van der Waals surface area contributed by atoms with Gasteiger partial charge in [-0.2, -0.15) is 12.6 Å². The lowest BCUT2D eigenvalue weighted by atomic mass is 9.80. The third kappa shape index (κ3) is 5.17. The number of benzene rings is 2. The average Bonchev–Trinajstić information content (AvgIpc) is 3.07. The zero-order chi connectivity index (χ0) is 22.6. The molecule has 0 fully saturated rings. The van der Waals surface area contributed by atoms with Crippen molar-refractivity contribution >= 4 is 45.3 Å². The fourth-order valence-corrected chi connectivity index (χ4v) is 5.15. The summed E-state index contributed by atoms with van der Waals surface area (Å²) < 4.78 is 27.8. The second-order valence-corrected chi connectivity index (χ2v) is 10.5. The van der Waals surface area contributed by atoms with Crippen molar-refractivity contribution in [3.63, 3.8) is 0 Å². The monoisotopic (exact) mass is 457 g/mol. The Morgan fingerprint density at radius 1 is 1.16 bits per heavy atom. The molecule has 1 aromatic heterocycles. The maximum absolute atomic E-state index is 12.6. The number of allylic oxidation sites excluding steroid dienone is 1. The van der Waals surface area contributed by atoms with E-state index in [2.05, 4.69) is 72.7 Å². The first-order valence-corrected chi connectivity index (χ1v) is 12.5. The lowest BCUT2D eigenvalue weighted by Gasteiger charge is -2.27.